The van der Waals surface area contributed by atoms with Gasteiger partial charge < -0.3 is 11.5 Å². The number of hydrazine groups is 1. The van der Waals surface area contributed by atoms with E-state index in [0.29, 0.717) is 18.5 Å². The molecule has 1 heterocycles. The zero-order valence-electron chi connectivity index (χ0n) is 10.5. The van der Waals surface area contributed by atoms with Crippen LogP contribution in [0.1, 0.15) is 27.7 Å². The number of guanidine groups is 2. The van der Waals surface area contributed by atoms with Gasteiger partial charge in [0, 0.05) is 12.1 Å². The summed E-state index contributed by atoms with van der Waals surface area (Å²) in [4.78, 5) is 8.50. The highest BCUT2D eigenvalue weighted by Gasteiger charge is 2.25. The summed E-state index contributed by atoms with van der Waals surface area (Å²) >= 11 is 0. The van der Waals surface area contributed by atoms with Gasteiger partial charge in [-0.1, -0.05) is 0 Å². The molecule has 0 saturated heterocycles. The Hall–Kier alpha value is -1.46. The van der Waals surface area contributed by atoms with Crippen molar-refractivity contribution in [2.75, 3.05) is 13.1 Å². The van der Waals surface area contributed by atoms with Crippen LogP contribution in [0.15, 0.2) is 9.98 Å². The molecule has 0 aromatic heterocycles. The van der Waals surface area contributed by atoms with Crippen molar-refractivity contribution in [3.05, 3.63) is 0 Å². The van der Waals surface area contributed by atoms with Gasteiger partial charge in [-0.2, -0.15) is 0 Å². The SMILES string of the molecule is CC(C)N=C(N)N(C(C)C)N1CCN=C1N. The summed E-state index contributed by atoms with van der Waals surface area (Å²) in [7, 11) is 0. The van der Waals surface area contributed by atoms with E-state index < -0.39 is 0 Å². The molecule has 1 aliphatic rings. The molecule has 0 unspecified atom stereocenters. The minimum atomic E-state index is 0.169. The molecule has 1 aliphatic heterocycles. The summed E-state index contributed by atoms with van der Waals surface area (Å²) in [6, 6.07) is 0.372. The average Bonchev–Trinajstić information content (AvgIpc) is 2.50. The quantitative estimate of drug-likeness (QED) is 0.523. The van der Waals surface area contributed by atoms with Crippen molar-refractivity contribution in [3.63, 3.8) is 0 Å². The highest BCUT2D eigenvalue weighted by atomic mass is 15.7. The molecule has 0 saturated carbocycles. The Morgan fingerprint density at radius 2 is 2.06 bits per heavy atom. The van der Waals surface area contributed by atoms with E-state index in [1.807, 2.05) is 37.7 Å². The molecule has 0 atom stereocenters. The Bertz CT molecular complexity index is 294. The monoisotopic (exact) mass is 226 g/mol. The van der Waals surface area contributed by atoms with Crippen LogP contribution in [0.4, 0.5) is 0 Å². The second kappa shape index (κ2) is 5.05. The van der Waals surface area contributed by atoms with E-state index in [2.05, 4.69) is 9.98 Å². The fourth-order valence-corrected chi connectivity index (χ4v) is 1.66. The molecule has 0 aliphatic carbocycles. The number of nitrogens with zero attached hydrogens (tertiary/aromatic N) is 4. The highest BCUT2D eigenvalue weighted by molar-refractivity contribution is 5.85. The maximum atomic E-state index is 5.99. The molecular formula is C10H22N6. The van der Waals surface area contributed by atoms with Crippen molar-refractivity contribution in [1.29, 1.82) is 0 Å². The average molecular weight is 226 g/mol. The van der Waals surface area contributed by atoms with Crippen molar-refractivity contribution in [2.24, 2.45) is 21.5 Å². The van der Waals surface area contributed by atoms with Gasteiger partial charge in [0.2, 0.25) is 11.9 Å². The van der Waals surface area contributed by atoms with Gasteiger partial charge in [-0.15, -0.1) is 0 Å². The van der Waals surface area contributed by atoms with Gasteiger partial charge in [0.25, 0.3) is 0 Å². The maximum Gasteiger partial charge on any atom is 0.211 e. The van der Waals surface area contributed by atoms with Crippen LogP contribution in [0, 0.1) is 0 Å². The van der Waals surface area contributed by atoms with Gasteiger partial charge in [0.1, 0.15) is 0 Å². The standard InChI is InChI=1S/C10H22N6/c1-7(2)14-10(12)16(8(3)4)15-6-5-13-9(15)11/h7-8H,5-6H2,1-4H3,(H2,11,13)(H2,12,14). The third-order valence-electron chi connectivity index (χ3n) is 2.22. The van der Waals surface area contributed by atoms with Crippen LogP contribution in [-0.2, 0) is 0 Å². The molecule has 0 amide bonds. The molecule has 0 spiro atoms. The van der Waals surface area contributed by atoms with Crippen molar-refractivity contribution in [2.45, 2.75) is 39.8 Å². The molecule has 92 valence electrons. The van der Waals surface area contributed by atoms with E-state index in [4.69, 9.17) is 11.5 Å². The van der Waals surface area contributed by atoms with Crippen LogP contribution in [-0.4, -0.2) is 47.1 Å². The zero-order chi connectivity index (χ0) is 12.3. The summed E-state index contributed by atoms with van der Waals surface area (Å²) < 4.78 is 0. The van der Waals surface area contributed by atoms with Gasteiger partial charge in [0.05, 0.1) is 13.1 Å². The Morgan fingerprint density at radius 3 is 2.44 bits per heavy atom. The Balaban J connectivity index is 2.87. The van der Waals surface area contributed by atoms with Crippen LogP contribution in [0.2, 0.25) is 0 Å². The van der Waals surface area contributed by atoms with E-state index in [0.717, 1.165) is 6.54 Å². The first kappa shape index (κ1) is 12.6. The van der Waals surface area contributed by atoms with Crippen molar-refractivity contribution >= 4 is 11.9 Å². The summed E-state index contributed by atoms with van der Waals surface area (Å²) in [5.41, 5.74) is 11.8. The first-order valence-electron chi connectivity index (χ1n) is 5.63. The third-order valence-corrected chi connectivity index (χ3v) is 2.22. The van der Waals surface area contributed by atoms with Gasteiger partial charge in [-0.3, -0.25) is 0 Å². The predicted octanol–water partition coefficient (Wildman–Crippen LogP) is -0.0348. The fourth-order valence-electron chi connectivity index (χ4n) is 1.66. The second-order valence-electron chi connectivity index (χ2n) is 4.38. The molecule has 6 nitrogen and oxygen atoms in total. The summed E-state index contributed by atoms with van der Waals surface area (Å²) in [6.45, 7) is 9.56. The van der Waals surface area contributed by atoms with Gasteiger partial charge in [0.15, 0.2) is 0 Å². The molecule has 0 bridgehead atoms. The minimum Gasteiger partial charge on any atom is -0.368 e. The highest BCUT2D eigenvalue weighted by Crippen LogP contribution is 2.09. The number of aliphatic imine (C=N–C) groups is 2. The smallest absolute Gasteiger partial charge is 0.211 e. The Morgan fingerprint density at radius 1 is 1.44 bits per heavy atom. The molecule has 0 aromatic carbocycles. The zero-order valence-corrected chi connectivity index (χ0v) is 10.5. The summed E-state index contributed by atoms with van der Waals surface area (Å²) in [6.07, 6.45) is 0. The molecule has 0 fully saturated rings. The van der Waals surface area contributed by atoms with Crippen LogP contribution < -0.4 is 11.5 Å². The molecule has 0 radical (unpaired) electrons. The second-order valence-corrected chi connectivity index (χ2v) is 4.38. The molecule has 16 heavy (non-hydrogen) atoms. The van der Waals surface area contributed by atoms with Crippen LogP contribution in [0.5, 0.6) is 0 Å². The molecule has 6 heteroatoms. The lowest BCUT2D eigenvalue weighted by molar-refractivity contribution is 0.106. The number of rotatable bonds is 3. The predicted molar refractivity (Wildman–Crippen MR) is 66.9 cm³/mol. The first-order chi connectivity index (χ1) is 7.43. The number of hydrogen-bond acceptors (Lipinski definition) is 4. The lowest BCUT2D eigenvalue weighted by Gasteiger charge is -2.36. The van der Waals surface area contributed by atoms with Crippen molar-refractivity contribution < 1.29 is 0 Å². The summed E-state index contributed by atoms with van der Waals surface area (Å²) in [5.74, 6) is 1.00. The Labute approximate surface area is 97.0 Å². The van der Waals surface area contributed by atoms with Gasteiger partial charge in [-0.05, 0) is 27.7 Å². The van der Waals surface area contributed by atoms with E-state index in [-0.39, 0.29) is 12.1 Å². The minimum absolute atomic E-state index is 0.169. The van der Waals surface area contributed by atoms with E-state index in [1.54, 1.807) is 0 Å². The molecular weight excluding hydrogens is 204 g/mol. The molecule has 0 aromatic rings. The van der Waals surface area contributed by atoms with Crippen molar-refractivity contribution in [3.8, 4) is 0 Å². The van der Waals surface area contributed by atoms with Crippen LogP contribution in [0.25, 0.3) is 0 Å². The molecule has 1 rings (SSSR count). The normalized spacial score (nSPS) is 17.2. The van der Waals surface area contributed by atoms with Crippen LogP contribution >= 0.6 is 0 Å². The van der Waals surface area contributed by atoms with Crippen molar-refractivity contribution in [1.82, 2.24) is 10.0 Å². The number of hydrogen-bond donors (Lipinski definition) is 2. The van der Waals surface area contributed by atoms with E-state index >= 15 is 0 Å². The largest absolute Gasteiger partial charge is 0.368 e. The maximum absolute atomic E-state index is 5.99. The topological polar surface area (TPSA) is 83.2 Å². The van der Waals surface area contributed by atoms with Gasteiger partial charge >= 0.3 is 0 Å². The Kier molecular flexibility index (Phi) is 3.98. The summed E-state index contributed by atoms with van der Waals surface area (Å²) in [5, 5.41) is 3.78. The first-order valence-corrected chi connectivity index (χ1v) is 5.63. The van der Waals surface area contributed by atoms with Crippen LogP contribution in [0.3, 0.4) is 0 Å². The van der Waals surface area contributed by atoms with E-state index in [1.165, 1.54) is 0 Å². The molecule has 4 N–H and O–H groups in total. The van der Waals surface area contributed by atoms with Gasteiger partial charge in [-0.25, -0.2) is 20.0 Å². The fraction of sp³-hybridized carbons (Fsp3) is 0.800. The third kappa shape index (κ3) is 2.77. The number of nitrogens with two attached hydrogens (primary N) is 2. The lowest BCUT2D eigenvalue weighted by atomic mass is 10.4. The lowest BCUT2D eigenvalue weighted by Crippen LogP contribution is -2.56. The van der Waals surface area contributed by atoms with E-state index in [9.17, 15) is 0 Å².